The van der Waals surface area contributed by atoms with E-state index in [0.29, 0.717) is 5.92 Å². The molecule has 0 unspecified atom stereocenters. The maximum atomic E-state index is 4.44. The van der Waals surface area contributed by atoms with Crippen LogP contribution in [0.5, 0.6) is 0 Å². The molecule has 5 nitrogen and oxygen atoms in total. The van der Waals surface area contributed by atoms with Gasteiger partial charge in [-0.15, -0.1) is 15.3 Å². The van der Waals surface area contributed by atoms with Gasteiger partial charge in [0.2, 0.25) is 0 Å². The van der Waals surface area contributed by atoms with Crippen molar-refractivity contribution in [3.05, 3.63) is 18.0 Å². The van der Waals surface area contributed by atoms with Gasteiger partial charge in [-0.1, -0.05) is 6.42 Å². The highest BCUT2D eigenvalue weighted by molar-refractivity contribution is 5.43. The van der Waals surface area contributed by atoms with E-state index in [1.807, 2.05) is 23.7 Å². The maximum absolute atomic E-state index is 4.44. The fourth-order valence-electron chi connectivity index (χ4n) is 1.86. The molecule has 0 spiro atoms. The molecule has 0 amide bonds. The minimum atomic E-state index is 0.555. The van der Waals surface area contributed by atoms with E-state index in [1.54, 1.807) is 0 Å². The van der Waals surface area contributed by atoms with Crippen LogP contribution in [0, 0.1) is 0 Å². The van der Waals surface area contributed by atoms with Gasteiger partial charge in [-0.25, -0.2) is 0 Å². The Balaban J connectivity index is 2.13. The third kappa shape index (κ3) is 1.26. The Morgan fingerprint density at radius 3 is 2.87 bits per heavy atom. The summed E-state index contributed by atoms with van der Waals surface area (Å²) in [6.07, 6.45) is 3.73. The van der Waals surface area contributed by atoms with Gasteiger partial charge in [-0.2, -0.15) is 4.52 Å². The number of nitrogens with one attached hydrogen (secondary N) is 1. The standard InChI is InChI=1S/C10H13N5/c1-11-8-5-6-9-12-13-10(15(9)14-8)7-3-2-4-7/h5-7H,2-4H2,1H3,(H,11,14). The average Bonchev–Trinajstić information content (AvgIpc) is 2.59. The zero-order chi connectivity index (χ0) is 10.3. The van der Waals surface area contributed by atoms with Gasteiger partial charge in [-0.05, 0) is 25.0 Å². The molecule has 0 aliphatic heterocycles. The summed E-state index contributed by atoms with van der Waals surface area (Å²) in [5, 5.41) is 15.8. The lowest BCUT2D eigenvalue weighted by molar-refractivity contribution is 0.395. The molecule has 5 heteroatoms. The van der Waals surface area contributed by atoms with E-state index < -0.39 is 0 Å². The Kier molecular flexibility index (Phi) is 1.83. The molecule has 0 radical (unpaired) electrons. The molecule has 1 aliphatic carbocycles. The summed E-state index contributed by atoms with van der Waals surface area (Å²) < 4.78 is 1.86. The van der Waals surface area contributed by atoms with Gasteiger partial charge < -0.3 is 5.32 Å². The van der Waals surface area contributed by atoms with Gasteiger partial charge in [-0.3, -0.25) is 0 Å². The first-order valence-corrected chi connectivity index (χ1v) is 5.28. The highest BCUT2D eigenvalue weighted by atomic mass is 15.4. The van der Waals surface area contributed by atoms with E-state index >= 15 is 0 Å². The molecule has 15 heavy (non-hydrogen) atoms. The molecule has 0 bridgehead atoms. The molecular weight excluding hydrogens is 190 g/mol. The minimum absolute atomic E-state index is 0.555. The van der Waals surface area contributed by atoms with Gasteiger partial charge >= 0.3 is 0 Å². The van der Waals surface area contributed by atoms with Crippen molar-refractivity contribution in [1.82, 2.24) is 19.8 Å². The Morgan fingerprint density at radius 1 is 1.33 bits per heavy atom. The highest BCUT2D eigenvalue weighted by Gasteiger charge is 2.25. The van der Waals surface area contributed by atoms with E-state index in [0.717, 1.165) is 17.3 Å². The summed E-state index contributed by atoms with van der Waals surface area (Å²) in [6, 6.07) is 3.85. The predicted molar refractivity (Wildman–Crippen MR) is 56.9 cm³/mol. The van der Waals surface area contributed by atoms with E-state index in [9.17, 15) is 0 Å². The summed E-state index contributed by atoms with van der Waals surface area (Å²) in [6.45, 7) is 0. The normalized spacial score (nSPS) is 16.6. The molecule has 78 valence electrons. The molecule has 2 aromatic heterocycles. The monoisotopic (exact) mass is 203 g/mol. The lowest BCUT2D eigenvalue weighted by Crippen LogP contribution is -2.14. The van der Waals surface area contributed by atoms with Crippen LogP contribution < -0.4 is 5.32 Å². The Hall–Kier alpha value is -1.65. The zero-order valence-corrected chi connectivity index (χ0v) is 8.64. The summed E-state index contributed by atoms with van der Waals surface area (Å²) in [5.74, 6) is 2.41. The smallest absolute Gasteiger partial charge is 0.178 e. The molecule has 0 aromatic carbocycles. The van der Waals surface area contributed by atoms with Gasteiger partial charge in [0.15, 0.2) is 11.5 Å². The van der Waals surface area contributed by atoms with Crippen LogP contribution in [0.1, 0.15) is 31.0 Å². The van der Waals surface area contributed by atoms with Crippen LogP contribution in [0.25, 0.3) is 5.65 Å². The Bertz CT molecular complexity index is 486. The summed E-state index contributed by atoms with van der Waals surface area (Å²) in [4.78, 5) is 0. The third-order valence-corrected chi connectivity index (χ3v) is 3.01. The first-order valence-electron chi connectivity index (χ1n) is 5.28. The molecule has 0 atom stereocenters. The number of fused-ring (bicyclic) bond motifs is 1. The molecule has 2 aromatic rings. The van der Waals surface area contributed by atoms with Gasteiger partial charge in [0.1, 0.15) is 5.82 Å². The van der Waals surface area contributed by atoms with E-state index in [-0.39, 0.29) is 0 Å². The van der Waals surface area contributed by atoms with E-state index in [1.165, 1.54) is 19.3 Å². The quantitative estimate of drug-likeness (QED) is 0.802. The van der Waals surface area contributed by atoms with Crippen LogP contribution >= 0.6 is 0 Å². The summed E-state index contributed by atoms with van der Waals surface area (Å²) in [7, 11) is 1.86. The van der Waals surface area contributed by atoms with Crippen LogP contribution in [-0.4, -0.2) is 26.9 Å². The minimum Gasteiger partial charge on any atom is -0.372 e. The SMILES string of the molecule is CNc1ccc2nnc(C3CCC3)n2n1. The number of nitrogens with zero attached hydrogens (tertiary/aromatic N) is 4. The fourth-order valence-corrected chi connectivity index (χ4v) is 1.86. The lowest BCUT2D eigenvalue weighted by atomic mass is 9.85. The second-order valence-electron chi connectivity index (χ2n) is 3.92. The second-order valence-corrected chi connectivity index (χ2v) is 3.92. The van der Waals surface area contributed by atoms with Crippen molar-refractivity contribution in [1.29, 1.82) is 0 Å². The fraction of sp³-hybridized carbons (Fsp3) is 0.500. The zero-order valence-electron chi connectivity index (χ0n) is 8.64. The number of rotatable bonds is 2. The first-order chi connectivity index (χ1) is 7.38. The predicted octanol–water partition coefficient (Wildman–Crippen LogP) is 1.43. The average molecular weight is 203 g/mol. The Labute approximate surface area is 87.5 Å². The second kappa shape index (κ2) is 3.18. The summed E-state index contributed by atoms with van der Waals surface area (Å²) in [5.41, 5.74) is 0.830. The van der Waals surface area contributed by atoms with Crippen LogP contribution in [-0.2, 0) is 0 Å². The molecular formula is C10H13N5. The summed E-state index contributed by atoms with van der Waals surface area (Å²) >= 11 is 0. The molecule has 3 rings (SSSR count). The lowest BCUT2D eigenvalue weighted by Gasteiger charge is -2.22. The molecule has 1 N–H and O–H groups in total. The van der Waals surface area contributed by atoms with Crippen molar-refractivity contribution >= 4 is 11.5 Å². The number of hydrogen-bond acceptors (Lipinski definition) is 4. The molecule has 0 saturated heterocycles. The molecule has 1 fully saturated rings. The van der Waals surface area contributed by atoms with Crippen molar-refractivity contribution in [3.63, 3.8) is 0 Å². The first kappa shape index (κ1) is 8.64. The van der Waals surface area contributed by atoms with Crippen molar-refractivity contribution in [2.75, 3.05) is 12.4 Å². The number of anilines is 1. The van der Waals surface area contributed by atoms with E-state index in [4.69, 9.17) is 0 Å². The van der Waals surface area contributed by atoms with E-state index in [2.05, 4.69) is 20.6 Å². The van der Waals surface area contributed by atoms with Crippen molar-refractivity contribution in [3.8, 4) is 0 Å². The van der Waals surface area contributed by atoms with Crippen molar-refractivity contribution < 1.29 is 0 Å². The number of hydrogen-bond donors (Lipinski definition) is 1. The van der Waals surface area contributed by atoms with Crippen LogP contribution in [0.4, 0.5) is 5.82 Å². The van der Waals surface area contributed by atoms with Gasteiger partial charge in [0, 0.05) is 13.0 Å². The van der Waals surface area contributed by atoms with Crippen LogP contribution in [0.3, 0.4) is 0 Å². The third-order valence-electron chi connectivity index (χ3n) is 3.01. The van der Waals surface area contributed by atoms with Gasteiger partial charge in [0.25, 0.3) is 0 Å². The van der Waals surface area contributed by atoms with Gasteiger partial charge in [0.05, 0.1) is 0 Å². The highest BCUT2D eigenvalue weighted by Crippen LogP contribution is 2.35. The van der Waals surface area contributed by atoms with Crippen LogP contribution in [0.2, 0.25) is 0 Å². The maximum Gasteiger partial charge on any atom is 0.178 e. The molecule has 1 saturated carbocycles. The van der Waals surface area contributed by atoms with Crippen molar-refractivity contribution in [2.45, 2.75) is 25.2 Å². The Morgan fingerprint density at radius 2 is 2.20 bits per heavy atom. The largest absolute Gasteiger partial charge is 0.372 e. The number of aromatic nitrogens is 4. The van der Waals surface area contributed by atoms with Crippen LogP contribution in [0.15, 0.2) is 12.1 Å². The molecule has 2 heterocycles. The molecule has 1 aliphatic rings. The van der Waals surface area contributed by atoms with Crippen molar-refractivity contribution in [2.24, 2.45) is 0 Å². The topological polar surface area (TPSA) is 55.1 Å².